The molecule has 0 fully saturated rings. The molecule has 3 nitrogen and oxygen atoms in total. The number of hydrogen-bond acceptors (Lipinski definition) is 3. The molecule has 0 N–H and O–H groups in total. The van der Waals surface area contributed by atoms with E-state index in [1.807, 2.05) is 0 Å². The maximum absolute atomic E-state index is 5.33. The molecule has 0 amide bonds. The largest absolute Gasteiger partial charge is 0.381 e. The van der Waals surface area contributed by atoms with Gasteiger partial charge in [0.1, 0.15) is 0 Å². The molecule has 0 aromatic rings. The zero-order valence-electron chi connectivity index (χ0n) is 7.64. The molecule has 0 aliphatic carbocycles. The van der Waals surface area contributed by atoms with Gasteiger partial charge in [-0.15, -0.1) is 0 Å². The molecule has 0 bridgehead atoms. The van der Waals surface area contributed by atoms with Gasteiger partial charge in [0.15, 0.2) is 0 Å². The summed E-state index contributed by atoms with van der Waals surface area (Å²) in [5.41, 5.74) is 0. The molecule has 5 heteroatoms. The van der Waals surface area contributed by atoms with Crippen molar-refractivity contribution in [3.8, 4) is 0 Å². The van der Waals surface area contributed by atoms with E-state index in [2.05, 4.69) is 8.58 Å². The molecule has 0 atom stereocenters. The monoisotopic (exact) mass is 230 g/mol. The van der Waals surface area contributed by atoms with Gasteiger partial charge in [0.05, 0.1) is 36.9 Å². The van der Waals surface area contributed by atoms with Crippen LogP contribution in [0.25, 0.3) is 0 Å². The van der Waals surface area contributed by atoms with Crippen molar-refractivity contribution in [1.82, 2.24) is 0 Å². The minimum Gasteiger partial charge on any atom is -0.381 e. The van der Waals surface area contributed by atoms with Crippen LogP contribution in [-0.2, 0) is 13.3 Å². The van der Waals surface area contributed by atoms with Gasteiger partial charge in [-0.25, -0.2) is 0 Å². The summed E-state index contributed by atoms with van der Waals surface area (Å²) in [5.74, 6) is 0. The van der Waals surface area contributed by atoms with E-state index >= 15 is 0 Å². The third-order valence-corrected chi connectivity index (χ3v) is 1.83. The quantitative estimate of drug-likeness (QED) is 0.541. The highest BCUT2D eigenvalue weighted by atomic mass is 35.5. The van der Waals surface area contributed by atoms with Gasteiger partial charge in [0.25, 0.3) is 0 Å². The van der Waals surface area contributed by atoms with Gasteiger partial charge < -0.3 is 4.74 Å². The normalized spacial score (nSPS) is 10.6. The smallest absolute Gasteiger partial charge is 0.0683 e. The number of unbranched alkanes of at least 4 members (excludes halogenated alkanes) is 2. The number of rotatable bonds is 10. The van der Waals surface area contributed by atoms with Crippen LogP contribution in [0.15, 0.2) is 0 Å². The molecule has 13 heavy (non-hydrogen) atoms. The Labute approximate surface area is 89.6 Å². The van der Waals surface area contributed by atoms with Crippen molar-refractivity contribution in [1.29, 1.82) is 0 Å². The lowest BCUT2D eigenvalue weighted by molar-refractivity contribution is 0.120. The zero-order valence-corrected chi connectivity index (χ0v) is 9.15. The summed E-state index contributed by atoms with van der Waals surface area (Å²) in [6.07, 6.45) is 3.85. The summed E-state index contributed by atoms with van der Waals surface area (Å²) >= 11 is 10.1. The van der Waals surface area contributed by atoms with Crippen molar-refractivity contribution in [3.05, 3.63) is 0 Å². The van der Waals surface area contributed by atoms with Crippen molar-refractivity contribution in [2.24, 2.45) is 0 Å². The predicted octanol–water partition coefficient (Wildman–Crippen LogP) is 2.90. The fraction of sp³-hybridized carbons (Fsp3) is 1.00. The highest BCUT2D eigenvalue weighted by molar-refractivity contribution is 6.07. The first kappa shape index (κ1) is 13.5. The van der Waals surface area contributed by atoms with Crippen LogP contribution < -0.4 is 0 Å². The molecule has 80 valence electrons. The fourth-order valence-corrected chi connectivity index (χ4v) is 1.04. The molecule has 0 spiro atoms. The molecule has 0 radical (unpaired) electrons. The molecule has 0 rings (SSSR count). The molecule has 0 saturated carbocycles. The first-order valence-corrected chi connectivity index (χ1v) is 5.08. The molecule has 0 aliphatic rings. The van der Waals surface area contributed by atoms with Crippen LogP contribution in [-0.4, -0.2) is 26.4 Å². The average Bonchev–Trinajstić information content (AvgIpc) is 2.16. The minimum absolute atomic E-state index is 0.588. The standard InChI is InChI=1S/C8H16Cl2O3/c9-12-7-3-1-5-11-6-2-4-8-13-10/h1-8H2. The molecule has 0 heterocycles. The summed E-state index contributed by atoms with van der Waals surface area (Å²) in [5, 5.41) is 0. The highest BCUT2D eigenvalue weighted by Crippen LogP contribution is 1.96. The Hall–Kier alpha value is 0.460. The Morgan fingerprint density at radius 3 is 1.38 bits per heavy atom. The summed E-state index contributed by atoms with van der Waals surface area (Å²) in [7, 11) is 0. The van der Waals surface area contributed by atoms with Gasteiger partial charge in [-0.3, -0.25) is 8.58 Å². The van der Waals surface area contributed by atoms with Crippen LogP contribution in [0.5, 0.6) is 0 Å². The summed E-state index contributed by atoms with van der Waals surface area (Å²) in [4.78, 5) is 0. The Bertz CT molecular complexity index is 83.5. The summed E-state index contributed by atoms with van der Waals surface area (Å²) in [6, 6.07) is 0. The minimum atomic E-state index is 0.588. The summed E-state index contributed by atoms with van der Waals surface area (Å²) < 4.78 is 14.1. The third-order valence-electron chi connectivity index (χ3n) is 1.52. The molecular formula is C8H16Cl2O3. The van der Waals surface area contributed by atoms with Gasteiger partial charge in [0.2, 0.25) is 0 Å². The van der Waals surface area contributed by atoms with Gasteiger partial charge in [0, 0.05) is 13.2 Å². The maximum Gasteiger partial charge on any atom is 0.0683 e. The van der Waals surface area contributed by atoms with E-state index in [-0.39, 0.29) is 0 Å². The molecular weight excluding hydrogens is 215 g/mol. The van der Waals surface area contributed by atoms with E-state index in [4.69, 9.17) is 28.5 Å². The highest BCUT2D eigenvalue weighted by Gasteiger charge is 1.91. The van der Waals surface area contributed by atoms with Crippen molar-refractivity contribution in [2.45, 2.75) is 25.7 Å². The van der Waals surface area contributed by atoms with Gasteiger partial charge >= 0.3 is 0 Å². The van der Waals surface area contributed by atoms with E-state index < -0.39 is 0 Å². The van der Waals surface area contributed by atoms with Gasteiger partial charge in [-0.1, -0.05) is 0 Å². The van der Waals surface area contributed by atoms with Gasteiger partial charge in [-0.05, 0) is 25.7 Å². The number of halogens is 2. The van der Waals surface area contributed by atoms with Crippen LogP contribution in [0.4, 0.5) is 0 Å². The molecule has 0 saturated heterocycles. The van der Waals surface area contributed by atoms with Crippen LogP contribution in [0.1, 0.15) is 25.7 Å². The first-order chi connectivity index (χ1) is 6.41. The lowest BCUT2D eigenvalue weighted by atomic mass is 10.3. The van der Waals surface area contributed by atoms with Crippen molar-refractivity contribution >= 4 is 23.7 Å². The lowest BCUT2D eigenvalue weighted by Gasteiger charge is -2.02. The average molecular weight is 231 g/mol. The number of ether oxygens (including phenoxy) is 1. The topological polar surface area (TPSA) is 27.7 Å². The predicted molar refractivity (Wildman–Crippen MR) is 52.9 cm³/mol. The Balaban J connectivity index is 2.76. The lowest BCUT2D eigenvalue weighted by Crippen LogP contribution is -1.99. The Morgan fingerprint density at radius 1 is 0.615 bits per heavy atom. The second-order valence-electron chi connectivity index (χ2n) is 2.65. The van der Waals surface area contributed by atoms with Crippen molar-refractivity contribution in [3.63, 3.8) is 0 Å². The van der Waals surface area contributed by atoms with E-state index in [9.17, 15) is 0 Å². The second kappa shape index (κ2) is 12.5. The van der Waals surface area contributed by atoms with Crippen LogP contribution in [0.2, 0.25) is 0 Å². The van der Waals surface area contributed by atoms with E-state index in [0.29, 0.717) is 13.2 Å². The Morgan fingerprint density at radius 2 is 1.00 bits per heavy atom. The van der Waals surface area contributed by atoms with E-state index in [1.54, 1.807) is 0 Å². The zero-order chi connectivity index (χ0) is 9.78. The molecule has 0 unspecified atom stereocenters. The Kier molecular flexibility index (Phi) is 12.9. The van der Waals surface area contributed by atoms with Crippen LogP contribution in [0, 0.1) is 0 Å². The number of hydrogen-bond donors (Lipinski definition) is 0. The van der Waals surface area contributed by atoms with Crippen molar-refractivity contribution in [2.75, 3.05) is 26.4 Å². The van der Waals surface area contributed by atoms with Crippen molar-refractivity contribution < 1.29 is 13.3 Å². The van der Waals surface area contributed by atoms with E-state index in [1.165, 1.54) is 0 Å². The second-order valence-corrected chi connectivity index (χ2v) is 3.09. The third kappa shape index (κ3) is 12.5. The SMILES string of the molecule is ClOCCCCOCCCCOCl. The first-order valence-electron chi connectivity index (χ1n) is 4.46. The maximum atomic E-state index is 5.33. The van der Waals surface area contributed by atoms with Gasteiger partial charge in [-0.2, -0.15) is 0 Å². The molecule has 0 aromatic heterocycles. The van der Waals surface area contributed by atoms with E-state index in [0.717, 1.165) is 38.9 Å². The van der Waals surface area contributed by atoms with Crippen LogP contribution in [0.3, 0.4) is 0 Å². The van der Waals surface area contributed by atoms with Crippen LogP contribution >= 0.6 is 23.7 Å². The molecule has 0 aromatic carbocycles. The summed E-state index contributed by atoms with van der Waals surface area (Å²) in [6.45, 7) is 2.71. The fourth-order valence-electron chi connectivity index (χ4n) is 0.824. The molecule has 0 aliphatic heterocycles.